The van der Waals surface area contributed by atoms with Gasteiger partial charge in [0.15, 0.2) is 0 Å². The fraction of sp³-hybridized carbons (Fsp3) is 0.323. The summed E-state index contributed by atoms with van der Waals surface area (Å²) in [5.74, 6) is 0. The highest BCUT2D eigenvalue weighted by atomic mass is 13.9. The molecule has 0 aliphatic carbocycles. The van der Waals surface area contributed by atoms with E-state index in [1.165, 1.54) is 199 Å². The maximum Gasteiger partial charge on any atom is -0.0257 e. The minimum Gasteiger partial charge on any atom is -0.103 e. The molecule has 8 aromatic carbocycles. The van der Waals surface area contributed by atoms with Crippen molar-refractivity contribution in [1.82, 2.24) is 0 Å². The molecule has 8 aromatic rings. The van der Waals surface area contributed by atoms with E-state index < -0.39 is 0 Å². The molecule has 0 aliphatic heterocycles. The van der Waals surface area contributed by atoms with E-state index >= 15 is 0 Å². The van der Waals surface area contributed by atoms with E-state index in [0.29, 0.717) is 0 Å². The van der Waals surface area contributed by atoms with Crippen LogP contribution in [0.1, 0.15) is 322 Å². The largest absolute Gasteiger partial charge is 0.103 e. The molecular formula is C130H190. The van der Waals surface area contributed by atoms with E-state index in [2.05, 4.69) is 298 Å². The van der Waals surface area contributed by atoms with E-state index in [-0.39, 0.29) is 0 Å². The number of unbranched alkanes of at least 4 members (excludes halogenated alkanes) is 15. The van der Waals surface area contributed by atoms with Gasteiger partial charge in [-0.2, -0.15) is 0 Å². The first kappa shape index (κ1) is 137. The summed E-state index contributed by atoms with van der Waals surface area (Å²) in [5, 5.41) is 0. The van der Waals surface area contributed by atoms with Crippen LogP contribution in [0.4, 0.5) is 0 Å². The summed E-state index contributed by atoms with van der Waals surface area (Å²) >= 11 is 0. The lowest BCUT2D eigenvalue weighted by atomic mass is 10.2. The molecule has 0 heterocycles. The topological polar surface area (TPSA) is 0 Å². The molecule has 0 aromatic heterocycles. The minimum atomic E-state index is 1.08. The molecule has 0 saturated heterocycles. The van der Waals surface area contributed by atoms with Gasteiger partial charge < -0.3 is 0 Å². The zero-order valence-corrected chi connectivity index (χ0v) is 85.9. The first-order valence-corrected chi connectivity index (χ1v) is 48.9. The third-order valence-electron chi connectivity index (χ3n) is 16.4. The highest BCUT2D eigenvalue weighted by molar-refractivity contribution is 5.55. The lowest BCUT2D eigenvalue weighted by molar-refractivity contribution is 0.702. The number of allylic oxidation sites excluding steroid dienone is 22. The smallest absolute Gasteiger partial charge is 0.0257 e. The lowest BCUT2D eigenvalue weighted by Gasteiger charge is -1.87. The monoisotopic (exact) mass is 1750 g/mol. The van der Waals surface area contributed by atoms with E-state index in [1.807, 2.05) is 255 Å². The van der Waals surface area contributed by atoms with Gasteiger partial charge in [0.1, 0.15) is 0 Å². The second-order valence-corrected chi connectivity index (χ2v) is 28.5. The SMILES string of the molecule is C=C/C=C/c1ccccc1.C=C/C=C/c1ccccc1.C=C/C=C/c1ccccc1.C=C/C=C/c1ccccc1.C=C/C=C/c1ccccc1.C=C/C=C/c1ccccc1.C=C/C=C/c1ccccc1.C=C/C=C/c1ccccc1.C=CCC.C=CCC.CCC=CCC.CCC=CCC.CCCCCC.CCCCCC.CCCCCC.CCCCCC.CCCCCC. The second-order valence-electron chi connectivity index (χ2n) is 28.5. The fourth-order valence-electron chi connectivity index (χ4n) is 9.11. The van der Waals surface area contributed by atoms with Crippen molar-refractivity contribution in [3.63, 3.8) is 0 Å². The summed E-state index contributed by atoms with van der Waals surface area (Å²) in [6.07, 6.45) is 92.8. The van der Waals surface area contributed by atoms with Gasteiger partial charge in [0.05, 0.1) is 0 Å². The van der Waals surface area contributed by atoms with Crippen molar-refractivity contribution in [2.75, 3.05) is 0 Å². The lowest BCUT2D eigenvalue weighted by Crippen LogP contribution is -1.66. The van der Waals surface area contributed by atoms with E-state index in [9.17, 15) is 0 Å². The van der Waals surface area contributed by atoms with Crippen LogP contribution in [-0.2, 0) is 0 Å². The van der Waals surface area contributed by atoms with Crippen molar-refractivity contribution in [2.45, 2.75) is 278 Å². The van der Waals surface area contributed by atoms with Crippen LogP contribution in [0.2, 0.25) is 0 Å². The minimum absolute atomic E-state index is 1.08. The Morgan fingerprint density at radius 1 is 0.146 bits per heavy atom. The number of hydrogen-bond donors (Lipinski definition) is 0. The van der Waals surface area contributed by atoms with Crippen molar-refractivity contribution in [3.05, 3.63) is 487 Å². The molecule has 0 atom stereocenters. The van der Waals surface area contributed by atoms with Crippen LogP contribution < -0.4 is 0 Å². The van der Waals surface area contributed by atoms with Gasteiger partial charge in [0.25, 0.3) is 0 Å². The molecule has 0 fully saturated rings. The Balaban J connectivity index is -0.000000172. The van der Waals surface area contributed by atoms with Gasteiger partial charge in [0.2, 0.25) is 0 Å². The van der Waals surface area contributed by atoms with Gasteiger partial charge in [-0.1, -0.05) is 717 Å². The normalized spacial score (nSPS) is 9.57. The van der Waals surface area contributed by atoms with Crippen LogP contribution in [0.15, 0.2) is 442 Å². The maximum atomic E-state index is 3.59. The average Bonchev–Trinajstić information content (AvgIpc) is 1.02. The quantitative estimate of drug-likeness (QED) is 0.0207. The Labute approximate surface area is 807 Å². The highest BCUT2D eigenvalue weighted by Gasteiger charge is 1.86. The predicted molar refractivity (Wildman–Crippen MR) is 615 cm³/mol. The van der Waals surface area contributed by atoms with Gasteiger partial charge in [-0.15, -0.1) is 13.2 Å². The average molecular weight is 1750 g/mol. The molecule has 8 rings (SSSR count). The Kier molecular flexibility index (Phi) is 142. The van der Waals surface area contributed by atoms with E-state index in [1.54, 1.807) is 48.6 Å². The predicted octanol–water partition coefficient (Wildman–Crippen LogP) is 43.9. The standard InChI is InChI=1S/8C10H10.5C6H14.2C6H12.2C4H8/c8*1-2-3-7-10-8-5-4-6-9-10;7*1-3-5-6-4-2;2*1-3-4-2/h8*2-9H,1H2;5*3-6H2,1-2H3;2*5-6H,3-4H2,1-2H3;2*3H,1,4H2,2H3/b8*7-3+;;;;;;;;;. The molecule has 0 N–H and O–H groups in total. The first-order chi connectivity index (χ1) is 63.7. The summed E-state index contributed by atoms with van der Waals surface area (Å²) in [7, 11) is 0. The molecule has 0 unspecified atom stereocenters. The van der Waals surface area contributed by atoms with Crippen LogP contribution in [0, 0.1) is 0 Å². The van der Waals surface area contributed by atoms with E-state index in [4.69, 9.17) is 0 Å². The summed E-state index contributed by atoms with van der Waals surface area (Å²) < 4.78 is 0. The molecule has 710 valence electrons. The Bertz CT molecular complexity index is 3060. The zero-order valence-electron chi connectivity index (χ0n) is 85.9. The van der Waals surface area contributed by atoms with Crippen LogP contribution in [0.3, 0.4) is 0 Å². The van der Waals surface area contributed by atoms with Crippen molar-refractivity contribution in [1.29, 1.82) is 0 Å². The molecule has 0 nitrogen and oxygen atoms in total. The summed E-state index contributed by atoms with van der Waals surface area (Å²) in [6, 6.07) is 81.2. The summed E-state index contributed by atoms with van der Waals surface area (Å²) in [4.78, 5) is 0. The Morgan fingerprint density at radius 2 is 0.238 bits per heavy atom. The number of hydrogen-bond acceptors (Lipinski definition) is 0. The molecule has 0 spiro atoms. The number of benzene rings is 8. The van der Waals surface area contributed by atoms with Crippen molar-refractivity contribution in [3.8, 4) is 0 Å². The fourth-order valence-corrected chi connectivity index (χ4v) is 9.11. The van der Waals surface area contributed by atoms with Gasteiger partial charge in [-0.3, -0.25) is 0 Å². The Morgan fingerprint density at radius 3 is 0.300 bits per heavy atom. The van der Waals surface area contributed by atoms with Crippen LogP contribution in [0.25, 0.3) is 48.6 Å². The zero-order chi connectivity index (χ0) is 98.5. The maximum absolute atomic E-state index is 3.59. The molecule has 0 bridgehead atoms. The molecule has 130 heavy (non-hydrogen) atoms. The van der Waals surface area contributed by atoms with Gasteiger partial charge in [-0.25, -0.2) is 0 Å². The number of rotatable bonds is 37. The summed E-state index contributed by atoms with van der Waals surface area (Å²) in [5.41, 5.74) is 9.68. The molecule has 0 heteroatoms. The van der Waals surface area contributed by atoms with Gasteiger partial charge >= 0.3 is 0 Å². The second kappa shape index (κ2) is 136. The third-order valence-corrected chi connectivity index (χ3v) is 16.4. The van der Waals surface area contributed by atoms with E-state index in [0.717, 1.165) is 12.8 Å². The molecule has 0 radical (unpaired) electrons. The van der Waals surface area contributed by atoms with Crippen molar-refractivity contribution < 1.29 is 0 Å². The van der Waals surface area contributed by atoms with Crippen molar-refractivity contribution >= 4 is 48.6 Å². The van der Waals surface area contributed by atoms with Crippen molar-refractivity contribution in [2.24, 2.45) is 0 Å². The third kappa shape index (κ3) is 135. The van der Waals surface area contributed by atoms with Crippen LogP contribution >= 0.6 is 0 Å². The highest BCUT2D eigenvalue weighted by Crippen LogP contribution is 2.08. The van der Waals surface area contributed by atoms with Crippen LogP contribution in [0.5, 0.6) is 0 Å². The molecular weight excluding hydrogens is 1560 g/mol. The molecule has 0 saturated carbocycles. The molecule has 0 aliphatic rings. The van der Waals surface area contributed by atoms with Gasteiger partial charge in [-0.05, 0) is 83.0 Å². The molecule has 0 amide bonds. The van der Waals surface area contributed by atoms with Gasteiger partial charge in [0, 0.05) is 0 Å². The first-order valence-electron chi connectivity index (χ1n) is 48.9. The van der Waals surface area contributed by atoms with Crippen LogP contribution in [-0.4, -0.2) is 0 Å². The summed E-state index contributed by atoms with van der Waals surface area (Å²) in [6.45, 7) is 70.7. The Hall–Kier alpha value is -11.4.